The van der Waals surface area contributed by atoms with Gasteiger partial charge in [-0.15, -0.1) is 0 Å². The molecule has 0 aromatic heterocycles. The molecule has 1 fully saturated rings. The first-order chi connectivity index (χ1) is 4.74. The van der Waals surface area contributed by atoms with Crippen LogP contribution in [0.3, 0.4) is 0 Å². The molecule has 0 aromatic rings. The van der Waals surface area contributed by atoms with E-state index in [0.717, 1.165) is 12.8 Å². The van der Waals surface area contributed by atoms with Gasteiger partial charge in [0.05, 0.1) is 18.8 Å². The highest BCUT2D eigenvalue weighted by atomic mass is 16.3. The van der Waals surface area contributed by atoms with Gasteiger partial charge in [-0.1, -0.05) is 0 Å². The van der Waals surface area contributed by atoms with Crippen molar-refractivity contribution in [2.24, 2.45) is 5.92 Å². The van der Waals surface area contributed by atoms with E-state index < -0.39 is 6.10 Å². The Labute approximate surface area is 60.3 Å². The van der Waals surface area contributed by atoms with Crippen LogP contribution in [0.15, 0.2) is 0 Å². The highest BCUT2D eigenvalue weighted by Crippen LogP contribution is 2.27. The monoisotopic (exact) mass is 146 g/mol. The SMILES string of the molecule is OCC(O)C1CCC(O)C1. The molecular weight excluding hydrogens is 132 g/mol. The second-order valence-corrected chi connectivity index (χ2v) is 2.98. The van der Waals surface area contributed by atoms with E-state index in [1.807, 2.05) is 0 Å². The summed E-state index contributed by atoms with van der Waals surface area (Å²) in [5, 5.41) is 26.7. The summed E-state index contributed by atoms with van der Waals surface area (Å²) in [5.74, 6) is 0.111. The van der Waals surface area contributed by atoms with Crippen molar-refractivity contribution >= 4 is 0 Å². The lowest BCUT2D eigenvalue weighted by molar-refractivity contribution is 0.0435. The maximum Gasteiger partial charge on any atom is 0.0799 e. The molecule has 1 saturated carbocycles. The van der Waals surface area contributed by atoms with Crippen LogP contribution >= 0.6 is 0 Å². The smallest absolute Gasteiger partial charge is 0.0799 e. The molecule has 3 unspecified atom stereocenters. The van der Waals surface area contributed by atoms with Crippen molar-refractivity contribution in [2.75, 3.05) is 6.61 Å². The fraction of sp³-hybridized carbons (Fsp3) is 1.00. The van der Waals surface area contributed by atoms with Gasteiger partial charge in [0.2, 0.25) is 0 Å². The fourth-order valence-electron chi connectivity index (χ4n) is 1.49. The summed E-state index contributed by atoms with van der Waals surface area (Å²) in [5.41, 5.74) is 0. The predicted octanol–water partition coefficient (Wildman–Crippen LogP) is -0.499. The van der Waals surface area contributed by atoms with E-state index in [4.69, 9.17) is 15.3 Å². The summed E-state index contributed by atoms with van der Waals surface area (Å²) in [4.78, 5) is 0. The van der Waals surface area contributed by atoms with Gasteiger partial charge in [0.15, 0.2) is 0 Å². The standard InChI is InChI=1S/C7H14O3/c8-4-7(10)5-1-2-6(9)3-5/h5-10H,1-4H2. The van der Waals surface area contributed by atoms with Crippen LogP contribution in [0.1, 0.15) is 19.3 Å². The van der Waals surface area contributed by atoms with E-state index in [1.54, 1.807) is 0 Å². The zero-order valence-electron chi connectivity index (χ0n) is 5.90. The highest BCUT2D eigenvalue weighted by molar-refractivity contribution is 4.79. The van der Waals surface area contributed by atoms with Gasteiger partial charge in [0.1, 0.15) is 0 Å². The third-order valence-corrected chi connectivity index (χ3v) is 2.18. The molecule has 0 saturated heterocycles. The first kappa shape index (κ1) is 7.98. The maximum atomic E-state index is 9.11. The van der Waals surface area contributed by atoms with Crippen LogP contribution < -0.4 is 0 Å². The van der Waals surface area contributed by atoms with Gasteiger partial charge < -0.3 is 15.3 Å². The molecule has 0 aromatic carbocycles. The van der Waals surface area contributed by atoms with Crippen molar-refractivity contribution in [3.63, 3.8) is 0 Å². The lowest BCUT2D eigenvalue weighted by Gasteiger charge is -2.13. The van der Waals surface area contributed by atoms with Crippen molar-refractivity contribution in [3.8, 4) is 0 Å². The maximum absolute atomic E-state index is 9.11. The fourth-order valence-corrected chi connectivity index (χ4v) is 1.49. The summed E-state index contributed by atoms with van der Waals surface area (Å²) < 4.78 is 0. The van der Waals surface area contributed by atoms with Crippen LogP contribution in [0, 0.1) is 5.92 Å². The number of aliphatic hydroxyl groups is 3. The van der Waals surface area contributed by atoms with Crippen molar-refractivity contribution in [3.05, 3.63) is 0 Å². The molecule has 0 heterocycles. The third-order valence-electron chi connectivity index (χ3n) is 2.18. The number of aliphatic hydroxyl groups excluding tert-OH is 3. The average Bonchev–Trinajstić information content (AvgIpc) is 2.34. The second kappa shape index (κ2) is 3.32. The first-order valence-electron chi connectivity index (χ1n) is 3.71. The molecule has 0 amide bonds. The third kappa shape index (κ3) is 1.68. The molecule has 3 atom stereocenters. The van der Waals surface area contributed by atoms with Crippen LogP contribution in [0.2, 0.25) is 0 Å². The molecule has 60 valence electrons. The lowest BCUT2D eigenvalue weighted by Crippen LogP contribution is -2.22. The lowest BCUT2D eigenvalue weighted by atomic mass is 10.0. The normalized spacial score (nSPS) is 36.3. The quantitative estimate of drug-likeness (QED) is 0.492. The van der Waals surface area contributed by atoms with E-state index in [1.165, 1.54) is 0 Å². The Hall–Kier alpha value is -0.120. The molecule has 0 bridgehead atoms. The summed E-state index contributed by atoms with van der Waals surface area (Å²) in [6.07, 6.45) is 1.36. The molecule has 10 heavy (non-hydrogen) atoms. The average molecular weight is 146 g/mol. The molecule has 3 N–H and O–H groups in total. The summed E-state index contributed by atoms with van der Waals surface area (Å²) >= 11 is 0. The van der Waals surface area contributed by atoms with Crippen LogP contribution in [-0.4, -0.2) is 34.1 Å². The summed E-state index contributed by atoms with van der Waals surface area (Å²) in [7, 11) is 0. The van der Waals surface area contributed by atoms with Gasteiger partial charge in [0, 0.05) is 0 Å². The van der Waals surface area contributed by atoms with Gasteiger partial charge in [-0.3, -0.25) is 0 Å². The van der Waals surface area contributed by atoms with Crippen molar-refractivity contribution < 1.29 is 15.3 Å². The molecule has 1 aliphatic carbocycles. The minimum Gasteiger partial charge on any atom is -0.394 e. The topological polar surface area (TPSA) is 60.7 Å². The van der Waals surface area contributed by atoms with Gasteiger partial charge in [-0.05, 0) is 25.2 Å². The van der Waals surface area contributed by atoms with E-state index >= 15 is 0 Å². The minimum atomic E-state index is -0.628. The molecule has 1 aliphatic rings. The van der Waals surface area contributed by atoms with Crippen LogP contribution in [0.25, 0.3) is 0 Å². The summed E-state index contributed by atoms with van der Waals surface area (Å²) in [6.45, 7) is -0.183. The molecular formula is C7H14O3. The Morgan fingerprint density at radius 2 is 2.10 bits per heavy atom. The van der Waals surface area contributed by atoms with Crippen LogP contribution in [0.5, 0.6) is 0 Å². The van der Waals surface area contributed by atoms with Gasteiger partial charge in [0.25, 0.3) is 0 Å². The highest BCUT2D eigenvalue weighted by Gasteiger charge is 2.27. The molecule has 3 nitrogen and oxygen atoms in total. The van der Waals surface area contributed by atoms with E-state index in [2.05, 4.69) is 0 Å². The molecule has 0 aliphatic heterocycles. The zero-order chi connectivity index (χ0) is 7.56. The first-order valence-corrected chi connectivity index (χ1v) is 3.71. The van der Waals surface area contributed by atoms with Crippen LogP contribution in [0.4, 0.5) is 0 Å². The largest absolute Gasteiger partial charge is 0.394 e. The Kier molecular flexibility index (Phi) is 2.65. The Balaban J connectivity index is 2.29. The van der Waals surface area contributed by atoms with Gasteiger partial charge >= 0.3 is 0 Å². The predicted molar refractivity (Wildman–Crippen MR) is 36.4 cm³/mol. The van der Waals surface area contributed by atoms with Gasteiger partial charge in [-0.25, -0.2) is 0 Å². The van der Waals surface area contributed by atoms with Crippen molar-refractivity contribution in [1.29, 1.82) is 0 Å². The number of rotatable bonds is 2. The van der Waals surface area contributed by atoms with E-state index in [-0.39, 0.29) is 18.6 Å². The molecule has 0 spiro atoms. The summed E-state index contributed by atoms with van der Waals surface area (Å²) in [6, 6.07) is 0. The molecule has 1 rings (SSSR count). The van der Waals surface area contributed by atoms with Gasteiger partial charge in [-0.2, -0.15) is 0 Å². The molecule has 0 radical (unpaired) electrons. The van der Waals surface area contributed by atoms with Crippen LogP contribution in [-0.2, 0) is 0 Å². The number of hydrogen-bond donors (Lipinski definition) is 3. The molecule has 3 heteroatoms. The second-order valence-electron chi connectivity index (χ2n) is 2.98. The number of hydrogen-bond acceptors (Lipinski definition) is 3. The Morgan fingerprint density at radius 3 is 2.50 bits per heavy atom. The Morgan fingerprint density at radius 1 is 1.40 bits per heavy atom. The van der Waals surface area contributed by atoms with Crippen molar-refractivity contribution in [1.82, 2.24) is 0 Å². The Bertz CT molecular complexity index is 105. The zero-order valence-corrected chi connectivity index (χ0v) is 5.90. The van der Waals surface area contributed by atoms with Crippen molar-refractivity contribution in [2.45, 2.75) is 31.5 Å². The van der Waals surface area contributed by atoms with E-state index in [0.29, 0.717) is 6.42 Å². The minimum absolute atomic E-state index is 0.111. The van der Waals surface area contributed by atoms with E-state index in [9.17, 15) is 0 Å².